The summed E-state index contributed by atoms with van der Waals surface area (Å²) in [6.45, 7) is 0.684. The van der Waals surface area contributed by atoms with Gasteiger partial charge in [-0.3, -0.25) is 0 Å². The quantitative estimate of drug-likeness (QED) is 0.889. The van der Waals surface area contributed by atoms with E-state index >= 15 is 0 Å². The van der Waals surface area contributed by atoms with Gasteiger partial charge in [0.05, 0.1) is 19.1 Å². The van der Waals surface area contributed by atoms with E-state index in [4.69, 9.17) is 4.74 Å². The Balaban J connectivity index is 1.77. The van der Waals surface area contributed by atoms with E-state index in [1.807, 2.05) is 29.9 Å². The van der Waals surface area contributed by atoms with Crippen molar-refractivity contribution in [2.45, 2.75) is 25.4 Å². The minimum absolute atomic E-state index is 0.0470. The average Bonchev–Trinajstić information content (AvgIpc) is 3.24. The number of benzene rings is 1. The normalized spacial score (nSPS) is 16.0. The number of halogens is 1. The predicted molar refractivity (Wildman–Crippen MR) is 78.5 cm³/mol. The second-order valence-corrected chi connectivity index (χ2v) is 5.58. The molecule has 0 saturated heterocycles. The Morgan fingerprint density at radius 2 is 2.29 bits per heavy atom. The Hall–Kier alpha value is -1.88. The largest absolute Gasteiger partial charge is 0.497 e. The number of rotatable bonds is 6. The number of aromatic nitrogens is 2. The maximum atomic E-state index is 14.3. The molecule has 0 spiro atoms. The molecule has 1 aromatic heterocycles. The molecule has 5 heteroatoms. The van der Waals surface area contributed by atoms with E-state index < -0.39 is 0 Å². The zero-order valence-corrected chi connectivity index (χ0v) is 12.3. The molecule has 1 fully saturated rings. The Kier molecular flexibility index (Phi) is 3.92. The molecule has 1 aromatic carbocycles. The summed E-state index contributed by atoms with van der Waals surface area (Å²) in [6.07, 6.45) is 5.90. The summed E-state index contributed by atoms with van der Waals surface area (Å²) < 4.78 is 21.3. The topological polar surface area (TPSA) is 39.1 Å². The van der Waals surface area contributed by atoms with E-state index in [0.717, 1.165) is 24.1 Å². The van der Waals surface area contributed by atoms with Crippen LogP contribution < -0.4 is 10.1 Å². The second kappa shape index (κ2) is 5.85. The fraction of sp³-hybridized carbons (Fsp3) is 0.438. The molecule has 1 heterocycles. The lowest BCUT2D eigenvalue weighted by Gasteiger charge is -2.20. The fourth-order valence-corrected chi connectivity index (χ4v) is 2.62. The van der Waals surface area contributed by atoms with Gasteiger partial charge in [-0.05, 0) is 24.8 Å². The van der Waals surface area contributed by atoms with Crippen LogP contribution in [0.1, 0.15) is 30.1 Å². The van der Waals surface area contributed by atoms with E-state index in [1.165, 1.54) is 6.07 Å². The number of ether oxygens (including phenoxy) is 1. The van der Waals surface area contributed by atoms with Crippen LogP contribution in [0.25, 0.3) is 0 Å². The Bertz CT molecular complexity index is 622. The summed E-state index contributed by atoms with van der Waals surface area (Å²) in [4.78, 5) is 4.11. The highest BCUT2D eigenvalue weighted by Gasteiger charge is 2.33. The van der Waals surface area contributed by atoms with Crippen molar-refractivity contribution in [2.75, 3.05) is 7.11 Å². The van der Waals surface area contributed by atoms with Gasteiger partial charge in [0.2, 0.25) is 0 Å². The van der Waals surface area contributed by atoms with Crippen molar-refractivity contribution < 1.29 is 9.13 Å². The minimum Gasteiger partial charge on any atom is -0.497 e. The Morgan fingerprint density at radius 3 is 2.86 bits per heavy atom. The number of aryl methyl sites for hydroxylation is 1. The molecule has 0 aliphatic heterocycles. The first kappa shape index (κ1) is 14.1. The summed E-state index contributed by atoms with van der Waals surface area (Å²) in [6, 6.07) is 5.15. The van der Waals surface area contributed by atoms with E-state index in [9.17, 15) is 4.39 Å². The molecule has 0 bridgehead atoms. The van der Waals surface area contributed by atoms with E-state index in [-0.39, 0.29) is 11.9 Å². The van der Waals surface area contributed by atoms with Crippen LogP contribution >= 0.6 is 0 Å². The number of nitrogens with one attached hydrogen (secondary N) is 1. The molecule has 1 aliphatic carbocycles. The average molecular weight is 289 g/mol. The zero-order chi connectivity index (χ0) is 14.8. The third-order valence-electron chi connectivity index (χ3n) is 4.06. The molecule has 1 N–H and O–H groups in total. The van der Waals surface area contributed by atoms with Crippen LogP contribution in [0.2, 0.25) is 0 Å². The first-order chi connectivity index (χ1) is 10.2. The molecule has 0 radical (unpaired) electrons. The van der Waals surface area contributed by atoms with Crippen molar-refractivity contribution in [2.24, 2.45) is 13.0 Å². The molecular formula is C16H20FN3O. The highest BCUT2D eigenvalue weighted by molar-refractivity contribution is 5.31. The number of hydrogen-bond acceptors (Lipinski definition) is 3. The first-order valence-corrected chi connectivity index (χ1v) is 7.21. The monoisotopic (exact) mass is 289 g/mol. The van der Waals surface area contributed by atoms with Gasteiger partial charge in [0.25, 0.3) is 0 Å². The van der Waals surface area contributed by atoms with Crippen molar-refractivity contribution in [1.29, 1.82) is 0 Å². The molecule has 1 saturated carbocycles. The fourth-order valence-electron chi connectivity index (χ4n) is 2.62. The summed E-state index contributed by atoms with van der Waals surface area (Å²) in [7, 11) is 3.51. The molecule has 21 heavy (non-hydrogen) atoms. The van der Waals surface area contributed by atoms with Gasteiger partial charge in [-0.1, -0.05) is 6.07 Å². The van der Waals surface area contributed by atoms with Crippen molar-refractivity contribution >= 4 is 0 Å². The highest BCUT2D eigenvalue weighted by Crippen LogP contribution is 2.42. The lowest BCUT2D eigenvalue weighted by atomic mass is 10.0. The lowest BCUT2D eigenvalue weighted by Crippen LogP contribution is -2.24. The number of hydrogen-bond donors (Lipinski definition) is 1. The smallest absolute Gasteiger partial charge is 0.131 e. The maximum Gasteiger partial charge on any atom is 0.131 e. The van der Waals surface area contributed by atoms with E-state index in [1.54, 1.807) is 13.4 Å². The van der Waals surface area contributed by atoms with Crippen molar-refractivity contribution in [1.82, 2.24) is 14.9 Å². The van der Waals surface area contributed by atoms with Gasteiger partial charge < -0.3 is 14.6 Å². The first-order valence-electron chi connectivity index (χ1n) is 7.21. The van der Waals surface area contributed by atoms with Crippen LogP contribution in [0, 0.1) is 11.7 Å². The van der Waals surface area contributed by atoms with Gasteiger partial charge in [0.1, 0.15) is 11.6 Å². The van der Waals surface area contributed by atoms with Crippen LogP contribution in [0.3, 0.4) is 0 Å². The second-order valence-electron chi connectivity index (χ2n) is 5.58. The minimum atomic E-state index is -0.205. The number of methoxy groups -OCH3 is 1. The van der Waals surface area contributed by atoms with Crippen molar-refractivity contribution in [3.8, 4) is 5.75 Å². The summed E-state index contributed by atoms with van der Waals surface area (Å²) in [5.74, 6) is 0.863. The van der Waals surface area contributed by atoms with Gasteiger partial charge in [-0.25, -0.2) is 9.37 Å². The molecular weight excluding hydrogens is 269 g/mol. The Labute approximate surface area is 124 Å². The predicted octanol–water partition coefficient (Wildman–Crippen LogP) is 2.81. The summed E-state index contributed by atoms with van der Waals surface area (Å²) >= 11 is 0. The summed E-state index contributed by atoms with van der Waals surface area (Å²) in [5, 5.41) is 3.48. The number of nitrogens with zero attached hydrogens (tertiary/aromatic N) is 2. The van der Waals surface area contributed by atoms with Gasteiger partial charge in [0.15, 0.2) is 0 Å². The van der Waals surface area contributed by atoms with Crippen molar-refractivity contribution in [3.63, 3.8) is 0 Å². The standard InChI is InChI=1S/C16H20FN3O/c1-20-10-18-8-12(20)9-19-16(11-3-4-11)14-6-5-13(21-2)7-15(14)17/h5-8,10-11,16,19H,3-4,9H2,1-2H3. The van der Waals surface area contributed by atoms with E-state index in [0.29, 0.717) is 18.2 Å². The van der Waals surface area contributed by atoms with Crippen LogP contribution in [0.5, 0.6) is 5.75 Å². The van der Waals surface area contributed by atoms with Crippen molar-refractivity contribution in [3.05, 3.63) is 47.8 Å². The molecule has 3 rings (SSSR count). The van der Waals surface area contributed by atoms with Gasteiger partial charge in [-0.15, -0.1) is 0 Å². The molecule has 1 atom stereocenters. The Morgan fingerprint density at radius 1 is 1.48 bits per heavy atom. The van der Waals surface area contributed by atoms with Gasteiger partial charge >= 0.3 is 0 Å². The van der Waals surface area contributed by atoms with Crippen LogP contribution in [-0.4, -0.2) is 16.7 Å². The molecule has 4 nitrogen and oxygen atoms in total. The van der Waals surface area contributed by atoms with Crippen LogP contribution in [0.15, 0.2) is 30.7 Å². The maximum absolute atomic E-state index is 14.3. The molecule has 1 unspecified atom stereocenters. The lowest BCUT2D eigenvalue weighted by molar-refractivity contribution is 0.406. The molecule has 112 valence electrons. The summed E-state index contributed by atoms with van der Waals surface area (Å²) in [5.41, 5.74) is 1.81. The molecule has 2 aromatic rings. The van der Waals surface area contributed by atoms with Crippen LogP contribution in [-0.2, 0) is 13.6 Å². The van der Waals surface area contributed by atoms with E-state index in [2.05, 4.69) is 10.3 Å². The molecule has 0 amide bonds. The third-order valence-corrected chi connectivity index (χ3v) is 4.06. The SMILES string of the molecule is COc1ccc(C(NCc2cncn2C)C2CC2)c(F)c1. The third kappa shape index (κ3) is 3.08. The zero-order valence-electron chi connectivity index (χ0n) is 12.3. The van der Waals surface area contributed by atoms with Crippen LogP contribution in [0.4, 0.5) is 4.39 Å². The van der Waals surface area contributed by atoms with Gasteiger partial charge in [0, 0.05) is 37.5 Å². The molecule has 1 aliphatic rings. The highest BCUT2D eigenvalue weighted by atomic mass is 19.1. The number of imidazole rings is 1. The van der Waals surface area contributed by atoms with Gasteiger partial charge in [-0.2, -0.15) is 0 Å².